The van der Waals surface area contributed by atoms with E-state index in [-0.39, 0.29) is 11.4 Å². The van der Waals surface area contributed by atoms with Crippen LogP contribution in [0.2, 0.25) is 0 Å². The molecule has 1 heterocycles. The van der Waals surface area contributed by atoms with Crippen molar-refractivity contribution in [3.05, 3.63) is 92.9 Å². The zero-order chi connectivity index (χ0) is 15.5. The standard InChI is InChI=1S/C18H13BrFNO/c19-15-8-4-13(5-9-15)12-21-17(2-1-3-18(21)22)14-6-10-16(20)11-7-14/h1-11H,12H2. The second-order valence-electron chi connectivity index (χ2n) is 4.97. The van der Waals surface area contributed by atoms with Crippen molar-refractivity contribution in [1.29, 1.82) is 0 Å². The monoisotopic (exact) mass is 357 g/mol. The predicted molar refractivity (Wildman–Crippen MR) is 89.3 cm³/mol. The highest BCUT2D eigenvalue weighted by molar-refractivity contribution is 9.10. The molecule has 2 aromatic carbocycles. The van der Waals surface area contributed by atoms with Crippen molar-refractivity contribution in [1.82, 2.24) is 4.57 Å². The number of nitrogens with zero attached hydrogens (tertiary/aromatic N) is 1. The van der Waals surface area contributed by atoms with Gasteiger partial charge in [0.25, 0.3) is 5.56 Å². The average Bonchev–Trinajstić information content (AvgIpc) is 2.52. The molecule has 0 saturated carbocycles. The third-order valence-corrected chi connectivity index (χ3v) is 3.97. The van der Waals surface area contributed by atoms with E-state index in [2.05, 4.69) is 15.9 Å². The predicted octanol–water partition coefficient (Wildman–Crippen LogP) is 4.47. The van der Waals surface area contributed by atoms with Crippen LogP contribution in [0.3, 0.4) is 0 Å². The molecule has 0 atom stereocenters. The van der Waals surface area contributed by atoms with E-state index in [4.69, 9.17) is 0 Å². The Morgan fingerprint density at radius 1 is 0.909 bits per heavy atom. The Labute approximate surface area is 136 Å². The van der Waals surface area contributed by atoms with E-state index in [9.17, 15) is 9.18 Å². The molecular weight excluding hydrogens is 345 g/mol. The van der Waals surface area contributed by atoms with E-state index in [1.165, 1.54) is 18.2 Å². The Balaban J connectivity index is 2.05. The fourth-order valence-electron chi connectivity index (χ4n) is 2.33. The topological polar surface area (TPSA) is 22.0 Å². The molecule has 0 fully saturated rings. The van der Waals surface area contributed by atoms with Crippen molar-refractivity contribution in [3.63, 3.8) is 0 Å². The lowest BCUT2D eigenvalue weighted by molar-refractivity contribution is 0.628. The zero-order valence-electron chi connectivity index (χ0n) is 11.7. The van der Waals surface area contributed by atoms with E-state index in [1.54, 1.807) is 22.8 Å². The van der Waals surface area contributed by atoms with Crippen LogP contribution >= 0.6 is 15.9 Å². The van der Waals surface area contributed by atoms with Gasteiger partial charge in [-0.15, -0.1) is 0 Å². The molecule has 4 heteroatoms. The summed E-state index contributed by atoms with van der Waals surface area (Å²) in [6.45, 7) is 0.472. The molecule has 0 bridgehead atoms. The van der Waals surface area contributed by atoms with Crippen LogP contribution < -0.4 is 5.56 Å². The fourth-order valence-corrected chi connectivity index (χ4v) is 2.59. The number of benzene rings is 2. The highest BCUT2D eigenvalue weighted by Crippen LogP contribution is 2.19. The first-order valence-electron chi connectivity index (χ1n) is 6.84. The number of hydrogen-bond donors (Lipinski definition) is 0. The summed E-state index contributed by atoms with van der Waals surface area (Å²) < 4.78 is 15.8. The van der Waals surface area contributed by atoms with Gasteiger partial charge in [0, 0.05) is 10.5 Å². The molecule has 0 amide bonds. The lowest BCUT2D eigenvalue weighted by Crippen LogP contribution is -2.21. The van der Waals surface area contributed by atoms with Crippen LogP contribution in [0.25, 0.3) is 11.3 Å². The summed E-state index contributed by atoms with van der Waals surface area (Å²) >= 11 is 3.40. The first-order chi connectivity index (χ1) is 10.6. The summed E-state index contributed by atoms with van der Waals surface area (Å²) in [7, 11) is 0. The number of halogens is 2. The minimum atomic E-state index is -0.290. The minimum absolute atomic E-state index is 0.0789. The lowest BCUT2D eigenvalue weighted by Gasteiger charge is -2.13. The largest absolute Gasteiger partial charge is 0.304 e. The van der Waals surface area contributed by atoms with Gasteiger partial charge in [0.2, 0.25) is 0 Å². The Morgan fingerprint density at radius 2 is 1.59 bits per heavy atom. The van der Waals surface area contributed by atoms with Crippen LogP contribution in [0.5, 0.6) is 0 Å². The summed E-state index contributed by atoms with van der Waals surface area (Å²) in [4.78, 5) is 12.2. The molecule has 1 aromatic heterocycles. The maximum absolute atomic E-state index is 13.1. The van der Waals surface area contributed by atoms with Gasteiger partial charge in [0.1, 0.15) is 5.82 Å². The molecule has 0 unspecified atom stereocenters. The summed E-state index contributed by atoms with van der Waals surface area (Å²) in [6, 6.07) is 19.1. The molecule has 22 heavy (non-hydrogen) atoms. The molecule has 0 radical (unpaired) electrons. The second-order valence-corrected chi connectivity index (χ2v) is 5.88. The Bertz CT molecular complexity index is 838. The molecule has 110 valence electrons. The van der Waals surface area contributed by atoms with Gasteiger partial charge in [-0.05, 0) is 53.6 Å². The third kappa shape index (κ3) is 3.17. The van der Waals surface area contributed by atoms with Crippen LogP contribution in [0.15, 0.2) is 76.0 Å². The normalized spacial score (nSPS) is 10.6. The van der Waals surface area contributed by atoms with Gasteiger partial charge in [-0.3, -0.25) is 4.79 Å². The second kappa shape index (κ2) is 6.28. The number of hydrogen-bond acceptors (Lipinski definition) is 1. The first kappa shape index (κ1) is 14.7. The molecular formula is C18H13BrFNO. The van der Waals surface area contributed by atoms with E-state index in [0.29, 0.717) is 6.54 Å². The quantitative estimate of drug-likeness (QED) is 0.677. The van der Waals surface area contributed by atoms with Crippen LogP contribution in [0.4, 0.5) is 4.39 Å². The molecule has 0 N–H and O–H groups in total. The van der Waals surface area contributed by atoms with Gasteiger partial charge in [-0.25, -0.2) is 4.39 Å². The third-order valence-electron chi connectivity index (χ3n) is 3.44. The molecule has 3 aromatic rings. The Hall–Kier alpha value is -2.20. The van der Waals surface area contributed by atoms with E-state index in [0.717, 1.165) is 21.3 Å². The maximum Gasteiger partial charge on any atom is 0.251 e. The van der Waals surface area contributed by atoms with Gasteiger partial charge in [0.05, 0.1) is 12.2 Å². The van der Waals surface area contributed by atoms with E-state index < -0.39 is 0 Å². The molecule has 2 nitrogen and oxygen atoms in total. The van der Waals surface area contributed by atoms with Crippen LogP contribution in [0.1, 0.15) is 5.56 Å². The van der Waals surface area contributed by atoms with Crippen molar-refractivity contribution < 1.29 is 4.39 Å². The van der Waals surface area contributed by atoms with Crippen molar-refractivity contribution in [2.24, 2.45) is 0 Å². The molecule has 0 saturated heterocycles. The number of rotatable bonds is 3. The summed E-state index contributed by atoms with van der Waals surface area (Å²) in [5.41, 5.74) is 2.54. The lowest BCUT2D eigenvalue weighted by atomic mass is 10.1. The smallest absolute Gasteiger partial charge is 0.251 e. The zero-order valence-corrected chi connectivity index (χ0v) is 13.3. The van der Waals surface area contributed by atoms with Gasteiger partial charge in [0.15, 0.2) is 0 Å². The van der Waals surface area contributed by atoms with Crippen LogP contribution in [-0.4, -0.2) is 4.57 Å². The van der Waals surface area contributed by atoms with Gasteiger partial charge in [-0.2, -0.15) is 0 Å². The number of aromatic nitrogens is 1. The van der Waals surface area contributed by atoms with E-state index in [1.807, 2.05) is 30.3 Å². The van der Waals surface area contributed by atoms with Crippen molar-refractivity contribution >= 4 is 15.9 Å². The van der Waals surface area contributed by atoms with Gasteiger partial charge in [-0.1, -0.05) is 34.1 Å². The van der Waals surface area contributed by atoms with E-state index >= 15 is 0 Å². The highest BCUT2D eigenvalue weighted by Gasteiger charge is 2.07. The van der Waals surface area contributed by atoms with Gasteiger partial charge >= 0.3 is 0 Å². The summed E-state index contributed by atoms with van der Waals surface area (Å²) in [5.74, 6) is -0.290. The first-order valence-corrected chi connectivity index (χ1v) is 7.63. The average molecular weight is 358 g/mol. The molecule has 0 spiro atoms. The summed E-state index contributed by atoms with van der Waals surface area (Å²) in [6.07, 6.45) is 0. The highest BCUT2D eigenvalue weighted by atomic mass is 79.9. The fraction of sp³-hybridized carbons (Fsp3) is 0.0556. The van der Waals surface area contributed by atoms with Crippen molar-refractivity contribution in [2.45, 2.75) is 6.54 Å². The van der Waals surface area contributed by atoms with Crippen molar-refractivity contribution in [3.8, 4) is 11.3 Å². The Morgan fingerprint density at radius 3 is 2.27 bits per heavy atom. The molecule has 0 aliphatic heterocycles. The SMILES string of the molecule is O=c1cccc(-c2ccc(F)cc2)n1Cc1ccc(Br)cc1. The van der Waals surface area contributed by atoms with Crippen LogP contribution in [-0.2, 0) is 6.54 Å². The molecule has 0 aliphatic carbocycles. The Kier molecular flexibility index (Phi) is 4.20. The maximum atomic E-state index is 13.1. The number of pyridine rings is 1. The minimum Gasteiger partial charge on any atom is -0.304 e. The summed E-state index contributed by atoms with van der Waals surface area (Å²) in [5, 5.41) is 0. The van der Waals surface area contributed by atoms with Crippen molar-refractivity contribution in [2.75, 3.05) is 0 Å². The van der Waals surface area contributed by atoms with Gasteiger partial charge < -0.3 is 4.57 Å². The molecule has 0 aliphatic rings. The molecule has 3 rings (SSSR count). The van der Waals surface area contributed by atoms with Crippen LogP contribution in [0, 0.1) is 5.82 Å².